The van der Waals surface area contributed by atoms with Gasteiger partial charge in [0.25, 0.3) is 0 Å². The highest BCUT2D eigenvalue weighted by Gasteiger charge is 2.27. The molecule has 4 nitrogen and oxygen atoms in total. The molecule has 70 valence electrons. The number of amides is 1. The van der Waals surface area contributed by atoms with Gasteiger partial charge in [-0.25, -0.2) is 4.79 Å². The SMILES string of the molecule is CCCC(CN)N1CCOC1=O. The molecule has 1 rings (SSSR count). The highest BCUT2D eigenvalue weighted by molar-refractivity contribution is 5.69. The molecular weight excluding hydrogens is 156 g/mol. The zero-order valence-electron chi connectivity index (χ0n) is 7.45. The van der Waals surface area contributed by atoms with E-state index in [4.69, 9.17) is 10.5 Å². The molecular formula is C8H16N2O2. The van der Waals surface area contributed by atoms with E-state index in [1.54, 1.807) is 4.90 Å². The van der Waals surface area contributed by atoms with E-state index in [0.717, 1.165) is 12.8 Å². The van der Waals surface area contributed by atoms with Crippen molar-refractivity contribution in [1.82, 2.24) is 4.90 Å². The van der Waals surface area contributed by atoms with Gasteiger partial charge in [-0.2, -0.15) is 0 Å². The Morgan fingerprint density at radius 2 is 2.50 bits per heavy atom. The largest absolute Gasteiger partial charge is 0.448 e. The maximum absolute atomic E-state index is 11.1. The summed E-state index contributed by atoms with van der Waals surface area (Å²) in [6, 6.07) is 0.171. The van der Waals surface area contributed by atoms with Crippen LogP contribution in [-0.2, 0) is 4.74 Å². The van der Waals surface area contributed by atoms with Crippen molar-refractivity contribution in [2.75, 3.05) is 19.7 Å². The molecule has 12 heavy (non-hydrogen) atoms. The second kappa shape index (κ2) is 4.30. The minimum absolute atomic E-state index is 0.171. The minimum Gasteiger partial charge on any atom is -0.448 e. The molecule has 1 atom stereocenters. The topological polar surface area (TPSA) is 55.6 Å². The first-order valence-corrected chi connectivity index (χ1v) is 4.43. The fourth-order valence-corrected chi connectivity index (χ4v) is 1.47. The Kier molecular flexibility index (Phi) is 3.34. The molecule has 0 bridgehead atoms. The quantitative estimate of drug-likeness (QED) is 0.674. The van der Waals surface area contributed by atoms with E-state index in [2.05, 4.69) is 6.92 Å². The van der Waals surface area contributed by atoms with Crippen molar-refractivity contribution < 1.29 is 9.53 Å². The molecule has 0 spiro atoms. The Balaban J connectivity index is 2.46. The van der Waals surface area contributed by atoms with Gasteiger partial charge in [0.15, 0.2) is 0 Å². The average Bonchev–Trinajstić information content (AvgIpc) is 2.47. The first-order valence-electron chi connectivity index (χ1n) is 4.43. The number of hydrogen-bond donors (Lipinski definition) is 1. The van der Waals surface area contributed by atoms with Crippen LogP contribution in [0.3, 0.4) is 0 Å². The molecule has 1 heterocycles. The summed E-state index contributed by atoms with van der Waals surface area (Å²) in [7, 11) is 0. The first-order chi connectivity index (χ1) is 5.79. The van der Waals surface area contributed by atoms with Gasteiger partial charge in [-0.05, 0) is 6.42 Å². The second-order valence-corrected chi connectivity index (χ2v) is 2.99. The molecule has 1 amide bonds. The third-order valence-corrected chi connectivity index (χ3v) is 2.13. The van der Waals surface area contributed by atoms with Gasteiger partial charge in [0.2, 0.25) is 0 Å². The maximum Gasteiger partial charge on any atom is 0.410 e. The molecule has 1 aliphatic heterocycles. The van der Waals surface area contributed by atoms with Crippen LogP contribution >= 0.6 is 0 Å². The van der Waals surface area contributed by atoms with E-state index in [1.165, 1.54) is 0 Å². The normalized spacial score (nSPS) is 19.5. The molecule has 0 aromatic heterocycles. The number of cyclic esters (lactones) is 1. The number of carbonyl (C=O) groups is 1. The Hall–Kier alpha value is -0.770. The monoisotopic (exact) mass is 172 g/mol. The predicted octanol–water partition coefficient (Wildman–Crippen LogP) is 0.566. The van der Waals surface area contributed by atoms with E-state index in [9.17, 15) is 4.79 Å². The van der Waals surface area contributed by atoms with Gasteiger partial charge in [0, 0.05) is 12.6 Å². The summed E-state index contributed by atoms with van der Waals surface area (Å²) >= 11 is 0. The van der Waals surface area contributed by atoms with E-state index >= 15 is 0 Å². The fourth-order valence-electron chi connectivity index (χ4n) is 1.47. The summed E-state index contributed by atoms with van der Waals surface area (Å²) in [6.45, 7) is 3.83. The number of nitrogens with two attached hydrogens (primary N) is 1. The molecule has 0 saturated carbocycles. The van der Waals surface area contributed by atoms with Crippen LogP contribution in [-0.4, -0.2) is 36.7 Å². The van der Waals surface area contributed by atoms with E-state index < -0.39 is 0 Å². The molecule has 0 aromatic carbocycles. The van der Waals surface area contributed by atoms with Crippen LogP contribution in [0.1, 0.15) is 19.8 Å². The van der Waals surface area contributed by atoms with Crippen LogP contribution in [0.15, 0.2) is 0 Å². The zero-order chi connectivity index (χ0) is 8.97. The highest BCUT2D eigenvalue weighted by Crippen LogP contribution is 2.11. The van der Waals surface area contributed by atoms with Crippen molar-refractivity contribution >= 4 is 6.09 Å². The number of rotatable bonds is 4. The van der Waals surface area contributed by atoms with Crippen LogP contribution in [0.5, 0.6) is 0 Å². The molecule has 1 unspecified atom stereocenters. The van der Waals surface area contributed by atoms with Crippen molar-refractivity contribution in [2.45, 2.75) is 25.8 Å². The van der Waals surface area contributed by atoms with Crippen LogP contribution in [0.4, 0.5) is 4.79 Å². The van der Waals surface area contributed by atoms with Gasteiger partial charge in [-0.1, -0.05) is 13.3 Å². The molecule has 0 aromatic rings. The van der Waals surface area contributed by atoms with Crippen molar-refractivity contribution in [2.24, 2.45) is 5.73 Å². The molecule has 1 aliphatic rings. The van der Waals surface area contributed by atoms with Crippen molar-refractivity contribution in [3.63, 3.8) is 0 Å². The summed E-state index contributed by atoms with van der Waals surface area (Å²) in [5, 5.41) is 0. The Morgan fingerprint density at radius 3 is 2.92 bits per heavy atom. The van der Waals surface area contributed by atoms with E-state index in [0.29, 0.717) is 19.7 Å². The minimum atomic E-state index is -0.209. The number of carbonyl (C=O) groups excluding carboxylic acids is 1. The number of ether oxygens (including phenoxy) is 1. The maximum atomic E-state index is 11.1. The van der Waals surface area contributed by atoms with Crippen molar-refractivity contribution in [1.29, 1.82) is 0 Å². The smallest absolute Gasteiger partial charge is 0.410 e. The lowest BCUT2D eigenvalue weighted by Gasteiger charge is -2.23. The summed E-state index contributed by atoms with van der Waals surface area (Å²) in [5.41, 5.74) is 5.55. The predicted molar refractivity (Wildman–Crippen MR) is 45.8 cm³/mol. The lowest BCUT2D eigenvalue weighted by molar-refractivity contribution is 0.147. The third kappa shape index (κ3) is 1.88. The zero-order valence-corrected chi connectivity index (χ0v) is 7.45. The summed E-state index contributed by atoms with van der Waals surface area (Å²) in [5.74, 6) is 0. The lowest BCUT2D eigenvalue weighted by Crippen LogP contribution is -2.41. The summed E-state index contributed by atoms with van der Waals surface area (Å²) in [6.07, 6.45) is 1.80. The number of nitrogens with zero attached hydrogens (tertiary/aromatic N) is 1. The molecule has 2 N–H and O–H groups in total. The molecule has 0 radical (unpaired) electrons. The first kappa shape index (κ1) is 9.32. The average molecular weight is 172 g/mol. The van der Waals surface area contributed by atoms with Crippen molar-refractivity contribution in [3.05, 3.63) is 0 Å². The Morgan fingerprint density at radius 1 is 1.75 bits per heavy atom. The van der Waals surface area contributed by atoms with Gasteiger partial charge >= 0.3 is 6.09 Å². The molecule has 0 aliphatic carbocycles. The Labute approximate surface area is 72.7 Å². The molecule has 1 fully saturated rings. The highest BCUT2D eigenvalue weighted by atomic mass is 16.6. The lowest BCUT2D eigenvalue weighted by atomic mass is 10.1. The summed E-state index contributed by atoms with van der Waals surface area (Å²) < 4.78 is 4.83. The van der Waals surface area contributed by atoms with Crippen LogP contribution in [0.25, 0.3) is 0 Å². The van der Waals surface area contributed by atoms with Gasteiger partial charge in [0.05, 0.1) is 6.54 Å². The van der Waals surface area contributed by atoms with Crippen molar-refractivity contribution in [3.8, 4) is 0 Å². The molecule has 1 saturated heterocycles. The van der Waals surface area contributed by atoms with Crippen LogP contribution in [0, 0.1) is 0 Å². The van der Waals surface area contributed by atoms with Crippen LogP contribution < -0.4 is 5.73 Å². The van der Waals surface area contributed by atoms with E-state index in [-0.39, 0.29) is 12.1 Å². The molecule has 4 heteroatoms. The Bertz CT molecular complexity index is 161. The van der Waals surface area contributed by atoms with Gasteiger partial charge < -0.3 is 15.4 Å². The fraction of sp³-hybridized carbons (Fsp3) is 0.875. The van der Waals surface area contributed by atoms with Gasteiger partial charge in [-0.15, -0.1) is 0 Å². The summed E-state index contributed by atoms with van der Waals surface area (Å²) in [4.78, 5) is 12.8. The number of hydrogen-bond acceptors (Lipinski definition) is 3. The standard InChI is InChI=1S/C8H16N2O2/c1-2-3-7(6-9)10-4-5-12-8(10)11/h7H,2-6,9H2,1H3. The van der Waals surface area contributed by atoms with E-state index in [1.807, 2.05) is 0 Å². The van der Waals surface area contributed by atoms with Crippen LogP contribution in [0.2, 0.25) is 0 Å². The van der Waals surface area contributed by atoms with Gasteiger partial charge in [-0.3, -0.25) is 0 Å². The second-order valence-electron chi connectivity index (χ2n) is 2.99. The van der Waals surface area contributed by atoms with Gasteiger partial charge in [0.1, 0.15) is 6.61 Å². The third-order valence-electron chi connectivity index (χ3n) is 2.13.